The largest absolute Gasteiger partial charge is 0.489 e. The van der Waals surface area contributed by atoms with E-state index in [1.54, 1.807) is 30.3 Å². The topological polar surface area (TPSA) is 75.6 Å². The molecule has 1 saturated carbocycles. The number of carboxylic acid groups (broad SMARTS) is 1. The molecule has 0 saturated heterocycles. The molecule has 4 atom stereocenters. The molecule has 4 rings (SSSR count). The van der Waals surface area contributed by atoms with E-state index >= 15 is 0 Å². The predicted octanol–water partition coefficient (Wildman–Crippen LogP) is 4.17. The van der Waals surface area contributed by atoms with Crippen molar-refractivity contribution >= 4 is 17.6 Å². The minimum absolute atomic E-state index is 0.0183. The monoisotopic (exact) mass is 395 g/mol. The minimum Gasteiger partial charge on any atom is -0.489 e. The molecule has 2 N–H and O–H groups in total. The first-order valence-electron chi connectivity index (χ1n) is 9.62. The zero-order valence-electron chi connectivity index (χ0n) is 16.0. The lowest BCUT2D eigenvalue weighted by atomic mass is 9.82. The first kappa shape index (κ1) is 19.2. The molecule has 0 aliphatic heterocycles. The van der Waals surface area contributed by atoms with E-state index < -0.39 is 17.8 Å². The van der Waals surface area contributed by atoms with Crippen molar-refractivity contribution in [3.05, 3.63) is 71.6 Å². The number of halogens is 1. The number of anilines is 1. The fourth-order valence-electron chi connectivity index (χ4n) is 4.39. The summed E-state index contributed by atoms with van der Waals surface area (Å²) in [6.45, 7) is 2.08. The minimum atomic E-state index is -0.917. The standard InChI is InChI=1S/C23H22FNO4/c1-13-9-18(29-12-14-3-2-4-17(24)10-14)7-8-19(13)25-22(26)20-15-5-6-16(11-15)21(20)23(27)28/h2-10,15-16,20-21H,11-12H2,1H3,(H,25,26)(H,27,28). The van der Waals surface area contributed by atoms with Crippen molar-refractivity contribution in [1.82, 2.24) is 0 Å². The highest BCUT2D eigenvalue weighted by atomic mass is 19.1. The molecule has 2 aliphatic carbocycles. The second-order valence-electron chi connectivity index (χ2n) is 7.72. The molecule has 2 aromatic carbocycles. The third-order valence-electron chi connectivity index (χ3n) is 5.80. The molecule has 0 heterocycles. The van der Waals surface area contributed by atoms with Crippen LogP contribution < -0.4 is 10.1 Å². The summed E-state index contributed by atoms with van der Waals surface area (Å²) in [6, 6.07) is 11.5. The van der Waals surface area contributed by atoms with Gasteiger partial charge in [0.1, 0.15) is 18.2 Å². The molecule has 2 aromatic rings. The molecule has 2 aliphatic rings. The van der Waals surface area contributed by atoms with E-state index in [2.05, 4.69) is 5.32 Å². The number of fused-ring (bicyclic) bond motifs is 2. The van der Waals surface area contributed by atoms with Crippen LogP contribution in [0.3, 0.4) is 0 Å². The van der Waals surface area contributed by atoms with Gasteiger partial charge in [0.05, 0.1) is 11.8 Å². The zero-order valence-corrected chi connectivity index (χ0v) is 16.0. The van der Waals surface area contributed by atoms with Crippen LogP contribution in [0.5, 0.6) is 5.75 Å². The van der Waals surface area contributed by atoms with Crippen LogP contribution in [-0.2, 0) is 16.2 Å². The number of carboxylic acids is 1. The van der Waals surface area contributed by atoms with Crippen molar-refractivity contribution in [3.8, 4) is 5.75 Å². The van der Waals surface area contributed by atoms with Crippen LogP contribution in [0.25, 0.3) is 0 Å². The maximum atomic E-state index is 13.3. The number of hydrogen-bond acceptors (Lipinski definition) is 3. The van der Waals surface area contributed by atoms with Gasteiger partial charge >= 0.3 is 5.97 Å². The van der Waals surface area contributed by atoms with Crippen LogP contribution in [0.4, 0.5) is 10.1 Å². The average Bonchev–Trinajstić information content (AvgIpc) is 3.30. The number of aryl methyl sites for hydroxylation is 1. The number of hydrogen-bond donors (Lipinski definition) is 2. The Bertz CT molecular complexity index is 987. The van der Waals surface area contributed by atoms with Gasteiger partial charge in [0.2, 0.25) is 5.91 Å². The summed E-state index contributed by atoms with van der Waals surface area (Å²) in [5.74, 6) is -2.18. The van der Waals surface area contributed by atoms with Crippen molar-refractivity contribution in [1.29, 1.82) is 0 Å². The molecule has 150 valence electrons. The SMILES string of the molecule is Cc1cc(OCc2cccc(F)c2)ccc1NC(=O)C1C2C=CC(C2)C1C(=O)O. The second-order valence-corrected chi connectivity index (χ2v) is 7.72. The molecule has 0 spiro atoms. The summed E-state index contributed by atoms with van der Waals surface area (Å²) >= 11 is 0. The van der Waals surface area contributed by atoms with Gasteiger partial charge in [0.15, 0.2) is 0 Å². The van der Waals surface area contributed by atoms with E-state index in [4.69, 9.17) is 4.74 Å². The molecule has 29 heavy (non-hydrogen) atoms. The van der Waals surface area contributed by atoms with Gasteiger partial charge in [0, 0.05) is 5.69 Å². The quantitative estimate of drug-likeness (QED) is 0.720. The Morgan fingerprint density at radius 2 is 1.90 bits per heavy atom. The molecular formula is C23H22FNO4. The number of nitrogens with one attached hydrogen (secondary N) is 1. The summed E-state index contributed by atoms with van der Waals surface area (Å²) in [5.41, 5.74) is 2.16. The van der Waals surface area contributed by atoms with E-state index in [0.717, 1.165) is 17.5 Å². The molecule has 0 aromatic heterocycles. The van der Waals surface area contributed by atoms with Gasteiger partial charge in [-0.15, -0.1) is 0 Å². The van der Waals surface area contributed by atoms with Crippen molar-refractivity contribution < 1.29 is 23.8 Å². The maximum Gasteiger partial charge on any atom is 0.307 e. The number of carbonyl (C=O) groups is 2. The van der Waals surface area contributed by atoms with Gasteiger partial charge in [-0.3, -0.25) is 9.59 Å². The van der Waals surface area contributed by atoms with Gasteiger partial charge in [0.25, 0.3) is 0 Å². The summed E-state index contributed by atoms with van der Waals surface area (Å²) in [5, 5.41) is 12.4. The Hall–Kier alpha value is -3.15. The first-order chi connectivity index (χ1) is 13.9. The van der Waals surface area contributed by atoms with Gasteiger partial charge in [-0.1, -0.05) is 24.3 Å². The molecule has 1 fully saturated rings. The normalized spacial score (nSPS) is 24.5. The van der Waals surface area contributed by atoms with E-state index in [1.807, 2.05) is 19.1 Å². The summed E-state index contributed by atoms with van der Waals surface area (Å²) < 4.78 is 19.0. The van der Waals surface area contributed by atoms with Crippen LogP contribution >= 0.6 is 0 Å². The van der Waals surface area contributed by atoms with Crippen molar-refractivity contribution in [2.75, 3.05) is 5.32 Å². The maximum absolute atomic E-state index is 13.3. The third kappa shape index (κ3) is 3.88. The summed E-state index contributed by atoms with van der Waals surface area (Å²) in [7, 11) is 0. The van der Waals surface area contributed by atoms with Gasteiger partial charge in [-0.05, 0) is 66.6 Å². The lowest BCUT2D eigenvalue weighted by molar-refractivity contribution is -0.146. The number of amides is 1. The molecule has 0 radical (unpaired) electrons. The predicted molar refractivity (Wildman–Crippen MR) is 106 cm³/mol. The highest BCUT2D eigenvalue weighted by molar-refractivity contribution is 5.97. The van der Waals surface area contributed by atoms with Gasteiger partial charge in [-0.25, -0.2) is 4.39 Å². The molecule has 5 nitrogen and oxygen atoms in total. The van der Waals surface area contributed by atoms with Crippen LogP contribution in [0, 0.1) is 36.4 Å². The van der Waals surface area contributed by atoms with E-state index in [-0.39, 0.29) is 30.2 Å². The van der Waals surface area contributed by atoms with Gasteiger partial charge < -0.3 is 15.2 Å². The highest BCUT2D eigenvalue weighted by Gasteiger charge is 2.51. The molecule has 6 heteroatoms. The third-order valence-corrected chi connectivity index (χ3v) is 5.80. The van der Waals surface area contributed by atoms with Crippen LogP contribution in [0.2, 0.25) is 0 Å². The van der Waals surface area contributed by atoms with Crippen LogP contribution in [0.15, 0.2) is 54.6 Å². The Kier molecular flexibility index (Phi) is 5.09. The average molecular weight is 395 g/mol. The molecule has 1 amide bonds. The smallest absolute Gasteiger partial charge is 0.307 e. The highest BCUT2D eigenvalue weighted by Crippen LogP contribution is 2.48. The lowest BCUT2D eigenvalue weighted by Crippen LogP contribution is -2.36. The number of benzene rings is 2. The van der Waals surface area contributed by atoms with E-state index in [1.165, 1.54) is 12.1 Å². The fourth-order valence-corrected chi connectivity index (χ4v) is 4.39. The number of rotatable bonds is 6. The molecule has 2 bridgehead atoms. The number of ether oxygens (including phenoxy) is 1. The second kappa shape index (κ2) is 7.70. The lowest BCUT2D eigenvalue weighted by Gasteiger charge is -2.24. The van der Waals surface area contributed by atoms with E-state index in [0.29, 0.717) is 11.4 Å². The molecule has 4 unspecified atom stereocenters. The Morgan fingerprint density at radius 1 is 1.14 bits per heavy atom. The Morgan fingerprint density at radius 3 is 2.59 bits per heavy atom. The summed E-state index contributed by atoms with van der Waals surface area (Å²) in [4.78, 5) is 24.5. The fraction of sp³-hybridized carbons (Fsp3) is 0.304. The first-order valence-corrected chi connectivity index (χ1v) is 9.62. The van der Waals surface area contributed by atoms with Crippen molar-refractivity contribution in [3.63, 3.8) is 0 Å². The molecular weight excluding hydrogens is 373 g/mol. The van der Waals surface area contributed by atoms with E-state index in [9.17, 15) is 19.1 Å². The van der Waals surface area contributed by atoms with Gasteiger partial charge in [-0.2, -0.15) is 0 Å². The van der Waals surface area contributed by atoms with Crippen LogP contribution in [-0.4, -0.2) is 17.0 Å². The Labute approximate surface area is 168 Å². The number of carbonyl (C=O) groups excluding carboxylic acids is 1. The number of aliphatic carboxylic acids is 1. The van der Waals surface area contributed by atoms with Crippen molar-refractivity contribution in [2.45, 2.75) is 20.0 Å². The summed E-state index contributed by atoms with van der Waals surface area (Å²) in [6.07, 6.45) is 4.61. The Balaban J connectivity index is 1.42. The number of allylic oxidation sites excluding steroid dienone is 2. The van der Waals surface area contributed by atoms with Crippen LogP contribution in [0.1, 0.15) is 17.5 Å². The zero-order chi connectivity index (χ0) is 20.5. The van der Waals surface area contributed by atoms with Crippen molar-refractivity contribution in [2.24, 2.45) is 23.7 Å².